The highest BCUT2D eigenvalue weighted by Gasteiger charge is 2.15. The summed E-state index contributed by atoms with van der Waals surface area (Å²) in [4.78, 5) is 22.2. The lowest BCUT2D eigenvalue weighted by Gasteiger charge is -2.13. The number of nitrogens with one attached hydrogen (secondary N) is 1. The first-order valence-electron chi connectivity index (χ1n) is 5.89. The number of rotatable bonds is 6. The van der Waals surface area contributed by atoms with Gasteiger partial charge in [-0.05, 0) is 18.1 Å². The summed E-state index contributed by atoms with van der Waals surface area (Å²) in [5.74, 6) is -3.55. The minimum absolute atomic E-state index is 0.0668. The second-order valence-corrected chi connectivity index (χ2v) is 4.21. The second kappa shape index (κ2) is 6.82. The summed E-state index contributed by atoms with van der Waals surface area (Å²) >= 11 is 0. The molecule has 0 spiro atoms. The van der Waals surface area contributed by atoms with E-state index in [4.69, 9.17) is 5.11 Å². The third kappa shape index (κ3) is 4.65. The maximum Gasteiger partial charge on any atom is 0.303 e. The summed E-state index contributed by atoms with van der Waals surface area (Å²) in [6.07, 6.45) is 0.515. The highest BCUT2D eigenvalue weighted by atomic mass is 19.1. The monoisotopic (exact) mass is 271 g/mol. The fourth-order valence-electron chi connectivity index (χ4n) is 1.61. The Kier molecular flexibility index (Phi) is 5.41. The predicted octanol–water partition coefficient (Wildman–Crippen LogP) is 2.20. The molecule has 104 valence electrons. The highest BCUT2D eigenvalue weighted by molar-refractivity contribution is 5.94. The van der Waals surface area contributed by atoms with Gasteiger partial charge in [0.1, 0.15) is 11.6 Å². The van der Waals surface area contributed by atoms with Gasteiger partial charge < -0.3 is 10.4 Å². The summed E-state index contributed by atoms with van der Waals surface area (Å²) in [5, 5.41) is 11.1. The lowest BCUT2D eigenvalue weighted by Crippen LogP contribution is -2.30. The van der Waals surface area contributed by atoms with E-state index >= 15 is 0 Å². The Labute approximate surface area is 109 Å². The predicted molar refractivity (Wildman–Crippen MR) is 64.7 cm³/mol. The zero-order valence-corrected chi connectivity index (χ0v) is 10.5. The minimum atomic E-state index is -0.950. The molecule has 0 fully saturated rings. The van der Waals surface area contributed by atoms with Crippen LogP contribution in [0.25, 0.3) is 0 Å². The molecule has 2 N–H and O–H groups in total. The van der Waals surface area contributed by atoms with Gasteiger partial charge in [0.05, 0.1) is 5.56 Å². The molecular formula is C13H15F2NO3. The van der Waals surface area contributed by atoms with Gasteiger partial charge in [-0.25, -0.2) is 8.78 Å². The third-order valence-corrected chi connectivity index (χ3v) is 2.77. The number of benzene rings is 1. The summed E-state index contributed by atoms with van der Waals surface area (Å²) in [7, 11) is 0. The Morgan fingerprint density at radius 3 is 2.58 bits per heavy atom. The molecule has 1 aromatic carbocycles. The van der Waals surface area contributed by atoms with E-state index in [2.05, 4.69) is 5.32 Å². The summed E-state index contributed by atoms with van der Waals surface area (Å²) in [5.41, 5.74) is -0.258. The average Bonchev–Trinajstić information content (AvgIpc) is 2.33. The van der Waals surface area contributed by atoms with Crippen molar-refractivity contribution in [2.75, 3.05) is 6.54 Å². The van der Waals surface area contributed by atoms with Gasteiger partial charge >= 0.3 is 5.97 Å². The zero-order valence-electron chi connectivity index (χ0n) is 10.5. The van der Waals surface area contributed by atoms with E-state index in [9.17, 15) is 18.4 Å². The van der Waals surface area contributed by atoms with Crippen LogP contribution in [-0.2, 0) is 4.79 Å². The molecule has 0 aliphatic heterocycles. The molecule has 0 saturated heterocycles. The van der Waals surface area contributed by atoms with Crippen LogP contribution in [0.2, 0.25) is 0 Å². The number of carbonyl (C=O) groups is 2. The molecule has 0 heterocycles. The first kappa shape index (κ1) is 15.1. The van der Waals surface area contributed by atoms with Crippen molar-refractivity contribution in [1.29, 1.82) is 0 Å². The Morgan fingerprint density at radius 1 is 1.37 bits per heavy atom. The first-order chi connectivity index (χ1) is 8.93. The maximum absolute atomic E-state index is 13.3. The molecule has 0 saturated carbocycles. The van der Waals surface area contributed by atoms with Crippen LogP contribution in [0.5, 0.6) is 0 Å². The Balaban J connectivity index is 2.61. The van der Waals surface area contributed by atoms with E-state index in [1.807, 2.05) is 0 Å². The number of aliphatic carboxylic acids is 1. The van der Waals surface area contributed by atoms with E-state index in [-0.39, 0.29) is 24.4 Å². The smallest absolute Gasteiger partial charge is 0.303 e. The Morgan fingerprint density at radius 2 is 2.05 bits per heavy atom. The number of carboxylic acid groups (broad SMARTS) is 1. The van der Waals surface area contributed by atoms with Gasteiger partial charge in [0, 0.05) is 19.0 Å². The third-order valence-electron chi connectivity index (χ3n) is 2.77. The van der Waals surface area contributed by atoms with Gasteiger partial charge in [-0.1, -0.05) is 13.3 Å². The minimum Gasteiger partial charge on any atom is -0.481 e. The van der Waals surface area contributed by atoms with Crippen LogP contribution in [0, 0.1) is 17.6 Å². The lowest BCUT2D eigenvalue weighted by molar-refractivity contribution is -0.138. The Hall–Kier alpha value is -1.98. The molecule has 0 aromatic heterocycles. The van der Waals surface area contributed by atoms with Crippen LogP contribution in [0.3, 0.4) is 0 Å². The second-order valence-electron chi connectivity index (χ2n) is 4.21. The maximum atomic E-state index is 13.3. The van der Waals surface area contributed by atoms with Crippen LogP contribution in [0.1, 0.15) is 30.1 Å². The van der Waals surface area contributed by atoms with Crippen molar-refractivity contribution in [3.63, 3.8) is 0 Å². The van der Waals surface area contributed by atoms with Crippen LogP contribution >= 0.6 is 0 Å². The molecule has 1 amide bonds. The largest absolute Gasteiger partial charge is 0.481 e. The fourth-order valence-corrected chi connectivity index (χ4v) is 1.61. The van der Waals surface area contributed by atoms with Crippen molar-refractivity contribution in [3.05, 3.63) is 35.4 Å². The van der Waals surface area contributed by atoms with E-state index in [1.54, 1.807) is 6.92 Å². The van der Waals surface area contributed by atoms with Gasteiger partial charge in [0.2, 0.25) is 0 Å². The lowest BCUT2D eigenvalue weighted by atomic mass is 10.0. The van der Waals surface area contributed by atoms with Crippen molar-refractivity contribution in [2.24, 2.45) is 5.92 Å². The molecule has 6 heteroatoms. The normalized spacial score (nSPS) is 11.9. The van der Waals surface area contributed by atoms with E-state index in [0.717, 1.165) is 12.1 Å². The zero-order chi connectivity index (χ0) is 14.4. The first-order valence-corrected chi connectivity index (χ1v) is 5.89. The van der Waals surface area contributed by atoms with Crippen molar-refractivity contribution >= 4 is 11.9 Å². The van der Waals surface area contributed by atoms with Gasteiger partial charge in [0.25, 0.3) is 5.91 Å². The molecule has 19 heavy (non-hydrogen) atoms. The van der Waals surface area contributed by atoms with E-state index in [1.165, 1.54) is 0 Å². The number of halogens is 2. The van der Waals surface area contributed by atoms with Crippen molar-refractivity contribution in [1.82, 2.24) is 5.32 Å². The van der Waals surface area contributed by atoms with Gasteiger partial charge in [-0.15, -0.1) is 0 Å². The van der Waals surface area contributed by atoms with Crippen LogP contribution in [0.4, 0.5) is 8.78 Å². The molecule has 1 rings (SSSR count). The molecule has 4 nitrogen and oxygen atoms in total. The average molecular weight is 271 g/mol. The summed E-state index contributed by atoms with van der Waals surface area (Å²) in [6, 6.07) is 2.67. The molecule has 1 aromatic rings. The van der Waals surface area contributed by atoms with Crippen molar-refractivity contribution < 1.29 is 23.5 Å². The molecule has 0 radical (unpaired) electrons. The highest BCUT2D eigenvalue weighted by Crippen LogP contribution is 2.11. The molecule has 1 atom stereocenters. The van der Waals surface area contributed by atoms with Gasteiger partial charge in [0.15, 0.2) is 0 Å². The van der Waals surface area contributed by atoms with Crippen LogP contribution < -0.4 is 5.32 Å². The van der Waals surface area contributed by atoms with Crippen LogP contribution in [0.15, 0.2) is 18.2 Å². The van der Waals surface area contributed by atoms with Crippen LogP contribution in [-0.4, -0.2) is 23.5 Å². The topological polar surface area (TPSA) is 66.4 Å². The molecule has 0 bridgehead atoms. The molecular weight excluding hydrogens is 256 g/mol. The van der Waals surface area contributed by atoms with Gasteiger partial charge in [-0.2, -0.15) is 0 Å². The summed E-state index contributed by atoms with van der Waals surface area (Å²) < 4.78 is 26.0. The van der Waals surface area contributed by atoms with Gasteiger partial charge in [-0.3, -0.25) is 9.59 Å². The number of hydrogen-bond acceptors (Lipinski definition) is 2. The molecule has 1 unspecified atom stereocenters. The number of carboxylic acids is 1. The quantitative estimate of drug-likeness (QED) is 0.833. The van der Waals surface area contributed by atoms with E-state index < -0.39 is 23.5 Å². The van der Waals surface area contributed by atoms with Crippen molar-refractivity contribution in [3.8, 4) is 0 Å². The summed E-state index contributed by atoms with van der Waals surface area (Å²) in [6.45, 7) is 1.94. The van der Waals surface area contributed by atoms with E-state index in [0.29, 0.717) is 12.5 Å². The number of amides is 1. The molecule has 0 aliphatic rings. The Bertz CT molecular complexity index is 477. The standard InChI is InChI=1S/C13H15F2NO3/c1-2-8(5-12(17)18)7-16-13(19)10-4-3-9(14)6-11(10)15/h3-4,6,8H,2,5,7H2,1H3,(H,16,19)(H,17,18). The number of hydrogen-bond donors (Lipinski definition) is 2. The number of carbonyl (C=O) groups excluding carboxylic acids is 1. The van der Waals surface area contributed by atoms with Crippen molar-refractivity contribution in [2.45, 2.75) is 19.8 Å². The SMILES string of the molecule is CCC(CNC(=O)c1ccc(F)cc1F)CC(=O)O. The fraction of sp³-hybridized carbons (Fsp3) is 0.385. The molecule has 0 aliphatic carbocycles.